The lowest BCUT2D eigenvalue weighted by Crippen LogP contribution is -2.18. The second kappa shape index (κ2) is 5.88. The molecule has 0 aliphatic heterocycles. The summed E-state index contributed by atoms with van der Waals surface area (Å²) < 4.78 is 3.08. The van der Waals surface area contributed by atoms with Crippen LogP contribution in [-0.2, 0) is 20.1 Å². The van der Waals surface area contributed by atoms with E-state index >= 15 is 0 Å². The van der Waals surface area contributed by atoms with Crippen molar-refractivity contribution < 1.29 is 0 Å². The number of rotatable bonds is 4. The summed E-state index contributed by atoms with van der Waals surface area (Å²) in [5.74, 6) is 0. The molecule has 0 atom stereocenters. The standard InChI is InChI=1S/C15H20BrN3/c1-11-15(12(2)19(4)17-11)10-18(3)9-13-5-7-14(16)8-6-13/h5-8H,9-10H2,1-4H3. The molecular formula is C15H20BrN3. The average molecular weight is 322 g/mol. The Balaban J connectivity index is 2.05. The zero-order valence-corrected chi connectivity index (χ0v) is 13.5. The Morgan fingerprint density at radius 2 is 1.79 bits per heavy atom. The summed E-state index contributed by atoms with van der Waals surface area (Å²) in [5, 5.41) is 4.47. The first-order chi connectivity index (χ1) is 8.97. The molecule has 2 rings (SSSR count). The van der Waals surface area contributed by atoms with Gasteiger partial charge < -0.3 is 0 Å². The van der Waals surface area contributed by atoms with Gasteiger partial charge in [-0.1, -0.05) is 28.1 Å². The Bertz CT molecular complexity index is 558. The van der Waals surface area contributed by atoms with E-state index in [-0.39, 0.29) is 0 Å². The van der Waals surface area contributed by atoms with Gasteiger partial charge in [0.15, 0.2) is 0 Å². The fourth-order valence-electron chi connectivity index (χ4n) is 2.27. The van der Waals surface area contributed by atoms with Crippen LogP contribution in [0.4, 0.5) is 0 Å². The molecular weight excluding hydrogens is 302 g/mol. The molecule has 1 aromatic carbocycles. The van der Waals surface area contributed by atoms with E-state index in [2.05, 4.69) is 71.1 Å². The molecule has 0 amide bonds. The molecule has 4 heteroatoms. The zero-order chi connectivity index (χ0) is 14.0. The molecule has 0 aliphatic rings. The van der Waals surface area contributed by atoms with Crippen molar-refractivity contribution in [2.24, 2.45) is 7.05 Å². The first kappa shape index (κ1) is 14.3. The van der Waals surface area contributed by atoms with E-state index in [4.69, 9.17) is 0 Å². The SMILES string of the molecule is Cc1nn(C)c(C)c1CN(C)Cc1ccc(Br)cc1. The fourth-order valence-corrected chi connectivity index (χ4v) is 2.54. The first-order valence-electron chi connectivity index (χ1n) is 6.39. The van der Waals surface area contributed by atoms with Gasteiger partial charge in [-0.05, 0) is 38.6 Å². The van der Waals surface area contributed by atoms with Gasteiger partial charge in [-0.3, -0.25) is 9.58 Å². The van der Waals surface area contributed by atoms with Gasteiger partial charge in [-0.25, -0.2) is 0 Å². The number of benzene rings is 1. The average Bonchev–Trinajstić information content (AvgIpc) is 2.59. The van der Waals surface area contributed by atoms with Crippen molar-refractivity contribution in [1.82, 2.24) is 14.7 Å². The monoisotopic (exact) mass is 321 g/mol. The van der Waals surface area contributed by atoms with Crippen LogP contribution in [-0.4, -0.2) is 21.7 Å². The normalized spacial score (nSPS) is 11.3. The molecule has 0 saturated carbocycles. The van der Waals surface area contributed by atoms with Gasteiger partial charge >= 0.3 is 0 Å². The van der Waals surface area contributed by atoms with E-state index < -0.39 is 0 Å². The van der Waals surface area contributed by atoms with Crippen LogP contribution in [0.2, 0.25) is 0 Å². The largest absolute Gasteiger partial charge is 0.298 e. The number of hydrogen-bond donors (Lipinski definition) is 0. The van der Waals surface area contributed by atoms with E-state index in [1.807, 2.05) is 11.7 Å². The molecule has 19 heavy (non-hydrogen) atoms. The maximum Gasteiger partial charge on any atom is 0.0641 e. The molecule has 2 aromatic rings. The van der Waals surface area contributed by atoms with Crippen molar-refractivity contribution in [3.8, 4) is 0 Å². The summed E-state index contributed by atoms with van der Waals surface area (Å²) in [6.45, 7) is 6.08. The highest BCUT2D eigenvalue weighted by atomic mass is 79.9. The second-order valence-corrected chi connectivity index (χ2v) is 5.99. The topological polar surface area (TPSA) is 21.1 Å². The molecule has 1 heterocycles. The third-order valence-electron chi connectivity index (χ3n) is 3.45. The third-order valence-corrected chi connectivity index (χ3v) is 3.98. The molecule has 0 aliphatic carbocycles. The molecule has 102 valence electrons. The van der Waals surface area contributed by atoms with Crippen molar-refractivity contribution in [2.45, 2.75) is 26.9 Å². The van der Waals surface area contributed by atoms with Gasteiger partial charge in [-0.2, -0.15) is 5.10 Å². The van der Waals surface area contributed by atoms with Crippen LogP contribution in [0, 0.1) is 13.8 Å². The predicted molar refractivity (Wildman–Crippen MR) is 82.0 cm³/mol. The highest BCUT2D eigenvalue weighted by Gasteiger charge is 2.11. The van der Waals surface area contributed by atoms with Crippen molar-refractivity contribution >= 4 is 15.9 Å². The summed E-state index contributed by atoms with van der Waals surface area (Å²) in [6.07, 6.45) is 0. The minimum Gasteiger partial charge on any atom is -0.298 e. The van der Waals surface area contributed by atoms with E-state index in [9.17, 15) is 0 Å². The summed E-state index contributed by atoms with van der Waals surface area (Å²) in [7, 11) is 4.15. The molecule has 0 fully saturated rings. The number of aromatic nitrogens is 2. The predicted octanol–water partition coefficient (Wildman–Crippen LogP) is 3.43. The first-order valence-corrected chi connectivity index (χ1v) is 7.18. The van der Waals surface area contributed by atoms with Crippen molar-refractivity contribution in [2.75, 3.05) is 7.05 Å². The van der Waals surface area contributed by atoms with Gasteiger partial charge in [0.2, 0.25) is 0 Å². The maximum atomic E-state index is 4.47. The van der Waals surface area contributed by atoms with E-state index in [1.165, 1.54) is 16.8 Å². The van der Waals surface area contributed by atoms with Crippen LogP contribution < -0.4 is 0 Å². The minimum atomic E-state index is 0.932. The van der Waals surface area contributed by atoms with Crippen LogP contribution in [0.1, 0.15) is 22.5 Å². The molecule has 0 saturated heterocycles. The van der Waals surface area contributed by atoms with E-state index in [0.717, 1.165) is 23.3 Å². The van der Waals surface area contributed by atoms with Crippen LogP contribution in [0.15, 0.2) is 28.7 Å². The Labute approximate surface area is 123 Å². The fraction of sp³-hybridized carbons (Fsp3) is 0.400. The Morgan fingerprint density at radius 3 is 2.32 bits per heavy atom. The molecule has 0 radical (unpaired) electrons. The summed E-state index contributed by atoms with van der Waals surface area (Å²) in [6, 6.07) is 8.49. The summed E-state index contributed by atoms with van der Waals surface area (Å²) in [4.78, 5) is 2.32. The van der Waals surface area contributed by atoms with Crippen LogP contribution in [0.5, 0.6) is 0 Å². The molecule has 1 aromatic heterocycles. The van der Waals surface area contributed by atoms with Crippen LogP contribution >= 0.6 is 15.9 Å². The number of hydrogen-bond acceptors (Lipinski definition) is 2. The lowest BCUT2D eigenvalue weighted by Gasteiger charge is -2.17. The van der Waals surface area contributed by atoms with E-state index in [0.29, 0.717) is 0 Å². The number of nitrogens with zero attached hydrogens (tertiary/aromatic N) is 3. The van der Waals surface area contributed by atoms with Crippen LogP contribution in [0.3, 0.4) is 0 Å². The van der Waals surface area contributed by atoms with Gasteiger partial charge in [0.25, 0.3) is 0 Å². The Hall–Kier alpha value is -1.13. The number of halogens is 1. The summed E-state index contributed by atoms with van der Waals surface area (Å²) >= 11 is 3.46. The Kier molecular flexibility index (Phi) is 4.42. The van der Waals surface area contributed by atoms with E-state index in [1.54, 1.807) is 0 Å². The third kappa shape index (κ3) is 3.45. The van der Waals surface area contributed by atoms with Gasteiger partial charge in [0.05, 0.1) is 5.69 Å². The lowest BCUT2D eigenvalue weighted by molar-refractivity contribution is 0.317. The smallest absolute Gasteiger partial charge is 0.0641 e. The lowest BCUT2D eigenvalue weighted by atomic mass is 10.1. The van der Waals surface area contributed by atoms with Gasteiger partial charge in [0.1, 0.15) is 0 Å². The van der Waals surface area contributed by atoms with Crippen molar-refractivity contribution in [1.29, 1.82) is 0 Å². The van der Waals surface area contributed by atoms with Gasteiger partial charge in [-0.15, -0.1) is 0 Å². The van der Waals surface area contributed by atoms with Crippen LogP contribution in [0.25, 0.3) is 0 Å². The zero-order valence-electron chi connectivity index (χ0n) is 11.9. The molecule has 0 bridgehead atoms. The molecule has 0 spiro atoms. The minimum absolute atomic E-state index is 0.932. The maximum absolute atomic E-state index is 4.47. The van der Waals surface area contributed by atoms with Gasteiger partial charge in [0, 0.05) is 35.9 Å². The van der Waals surface area contributed by atoms with Crippen molar-refractivity contribution in [3.05, 3.63) is 51.3 Å². The summed E-state index contributed by atoms with van der Waals surface area (Å²) in [5.41, 5.74) is 5.04. The highest BCUT2D eigenvalue weighted by Crippen LogP contribution is 2.16. The number of aryl methyl sites for hydroxylation is 2. The molecule has 3 nitrogen and oxygen atoms in total. The quantitative estimate of drug-likeness (QED) is 0.860. The second-order valence-electron chi connectivity index (χ2n) is 5.07. The Morgan fingerprint density at radius 1 is 1.16 bits per heavy atom. The highest BCUT2D eigenvalue weighted by molar-refractivity contribution is 9.10. The van der Waals surface area contributed by atoms with Crippen molar-refractivity contribution in [3.63, 3.8) is 0 Å². The molecule has 0 unspecified atom stereocenters. The molecule has 0 N–H and O–H groups in total.